The summed E-state index contributed by atoms with van der Waals surface area (Å²) >= 11 is 0. The maximum Gasteiger partial charge on any atom is 0.256 e. The van der Waals surface area contributed by atoms with E-state index >= 15 is 0 Å². The first kappa shape index (κ1) is 25.2. The molecule has 4 N–H and O–H groups in total. The Balaban J connectivity index is 1.40. The molecule has 196 valence electrons. The van der Waals surface area contributed by atoms with Crippen LogP contribution < -0.4 is 10.6 Å². The number of halogens is 1. The zero-order chi connectivity index (χ0) is 26.1. The van der Waals surface area contributed by atoms with Crippen LogP contribution in [0.2, 0.25) is 0 Å². The van der Waals surface area contributed by atoms with Gasteiger partial charge in [0, 0.05) is 36.6 Å². The third-order valence-corrected chi connectivity index (χ3v) is 7.45. The molecule has 1 aromatic carbocycles. The molecule has 5 rings (SSSR count). The number of aromatic amines is 1. The summed E-state index contributed by atoms with van der Waals surface area (Å²) in [5, 5.41) is 13.9. The van der Waals surface area contributed by atoms with Gasteiger partial charge in [-0.05, 0) is 69.5 Å². The van der Waals surface area contributed by atoms with E-state index < -0.39 is 24.2 Å². The van der Waals surface area contributed by atoms with Crippen LogP contribution >= 0.6 is 0 Å². The maximum absolute atomic E-state index is 14.7. The summed E-state index contributed by atoms with van der Waals surface area (Å²) < 4.78 is 14.7. The smallest absolute Gasteiger partial charge is 0.256 e. The third-order valence-electron chi connectivity index (χ3n) is 7.45. The fourth-order valence-electron chi connectivity index (χ4n) is 5.45. The van der Waals surface area contributed by atoms with E-state index in [0.717, 1.165) is 50.3 Å². The van der Waals surface area contributed by atoms with Crippen LogP contribution in [0.3, 0.4) is 0 Å². The monoisotopic (exact) mass is 509 g/mol. The standard InChI is InChI=1S/C27H32FN5O4/c1-16-21(13-18-17-12-19(28)23(30-24(35)15-34)14-22(17)31-26(18)36)29-20-6-5-9-33(27(37)25(16)20)11-10-32-7-3-2-4-8-32/h12-14,29,34H,2-11,15H2,1H3,(H,30,35)(H,31,36)/b18-13-. The fraction of sp³-hybridized carbons (Fsp3) is 0.444. The summed E-state index contributed by atoms with van der Waals surface area (Å²) in [4.78, 5) is 45.5. The average molecular weight is 510 g/mol. The van der Waals surface area contributed by atoms with Crippen LogP contribution in [0, 0.1) is 12.7 Å². The molecule has 1 saturated heterocycles. The topological polar surface area (TPSA) is 118 Å². The van der Waals surface area contributed by atoms with E-state index in [4.69, 9.17) is 5.11 Å². The van der Waals surface area contributed by atoms with Crippen LogP contribution in [0.5, 0.6) is 0 Å². The first-order valence-corrected chi connectivity index (χ1v) is 12.9. The molecule has 0 saturated carbocycles. The number of piperidine rings is 1. The summed E-state index contributed by atoms with van der Waals surface area (Å²) in [5.74, 6) is -1.87. The Labute approximate surface area is 214 Å². The van der Waals surface area contributed by atoms with Gasteiger partial charge in [0.1, 0.15) is 12.4 Å². The number of nitrogens with one attached hydrogen (secondary N) is 3. The molecule has 3 aliphatic rings. The number of H-pyrrole nitrogens is 1. The molecular formula is C27H32FN5O4. The molecule has 0 radical (unpaired) electrons. The second-order valence-corrected chi connectivity index (χ2v) is 9.91. The van der Waals surface area contributed by atoms with Gasteiger partial charge in [-0.15, -0.1) is 0 Å². The molecule has 3 amide bonds. The number of rotatable bonds is 6. The van der Waals surface area contributed by atoms with Gasteiger partial charge in [-0.25, -0.2) is 4.39 Å². The predicted octanol–water partition coefficient (Wildman–Crippen LogP) is 2.76. The number of carbonyl (C=O) groups excluding carboxylic acids is 3. The van der Waals surface area contributed by atoms with Gasteiger partial charge in [-0.1, -0.05) is 6.42 Å². The number of aromatic nitrogens is 1. The number of benzene rings is 1. The second kappa shape index (κ2) is 10.5. The molecule has 0 aliphatic carbocycles. The van der Waals surface area contributed by atoms with E-state index in [2.05, 4.69) is 20.5 Å². The number of fused-ring (bicyclic) bond motifs is 2. The Morgan fingerprint density at radius 3 is 2.68 bits per heavy atom. The lowest BCUT2D eigenvalue weighted by Crippen LogP contribution is -2.40. The zero-order valence-electron chi connectivity index (χ0n) is 21.0. The van der Waals surface area contributed by atoms with Gasteiger partial charge >= 0.3 is 0 Å². The van der Waals surface area contributed by atoms with Crippen molar-refractivity contribution in [3.05, 3.63) is 46.0 Å². The normalized spacial score (nSPS) is 19.0. The Kier molecular flexibility index (Phi) is 7.12. The van der Waals surface area contributed by atoms with E-state index in [-0.39, 0.29) is 17.2 Å². The number of amides is 3. The molecular weight excluding hydrogens is 477 g/mol. The van der Waals surface area contributed by atoms with Crippen molar-refractivity contribution in [2.24, 2.45) is 0 Å². The molecule has 9 nitrogen and oxygen atoms in total. The summed E-state index contributed by atoms with van der Waals surface area (Å²) in [6.45, 7) is 5.57. The average Bonchev–Trinajstić information content (AvgIpc) is 3.30. The Bertz CT molecular complexity index is 1280. The first-order chi connectivity index (χ1) is 17.9. The van der Waals surface area contributed by atoms with Crippen molar-refractivity contribution in [2.45, 2.75) is 39.0 Å². The van der Waals surface area contributed by atoms with E-state index in [0.29, 0.717) is 29.1 Å². The third kappa shape index (κ3) is 5.03. The van der Waals surface area contributed by atoms with E-state index in [9.17, 15) is 18.8 Å². The van der Waals surface area contributed by atoms with Crippen LogP contribution in [0.25, 0.3) is 11.6 Å². The maximum atomic E-state index is 14.7. The molecule has 0 unspecified atom stereocenters. The minimum absolute atomic E-state index is 0.00879. The molecule has 2 aromatic rings. The fourth-order valence-corrected chi connectivity index (χ4v) is 5.45. The van der Waals surface area contributed by atoms with Crippen molar-refractivity contribution >= 4 is 40.7 Å². The molecule has 0 bridgehead atoms. The highest BCUT2D eigenvalue weighted by Crippen LogP contribution is 2.37. The molecule has 1 fully saturated rings. The van der Waals surface area contributed by atoms with Crippen molar-refractivity contribution in [1.29, 1.82) is 0 Å². The van der Waals surface area contributed by atoms with Gasteiger partial charge in [0.05, 0.1) is 22.5 Å². The zero-order valence-corrected chi connectivity index (χ0v) is 21.0. The van der Waals surface area contributed by atoms with E-state index in [1.54, 1.807) is 6.08 Å². The number of carbonyl (C=O) groups is 3. The van der Waals surface area contributed by atoms with Gasteiger partial charge in [0.15, 0.2) is 0 Å². The number of nitrogens with zero attached hydrogens (tertiary/aromatic N) is 2. The van der Waals surface area contributed by atoms with Crippen molar-refractivity contribution in [3.8, 4) is 0 Å². The van der Waals surface area contributed by atoms with E-state index in [1.165, 1.54) is 31.4 Å². The Morgan fingerprint density at radius 1 is 1.14 bits per heavy atom. The largest absolute Gasteiger partial charge is 0.387 e. The number of hydrogen-bond donors (Lipinski definition) is 4. The van der Waals surface area contributed by atoms with Gasteiger partial charge in [-0.3, -0.25) is 14.4 Å². The molecule has 4 heterocycles. The second-order valence-electron chi connectivity index (χ2n) is 9.91. The number of aliphatic hydroxyl groups is 1. The highest BCUT2D eigenvalue weighted by Gasteiger charge is 2.30. The molecule has 0 atom stereocenters. The molecule has 37 heavy (non-hydrogen) atoms. The first-order valence-electron chi connectivity index (χ1n) is 12.9. The predicted molar refractivity (Wildman–Crippen MR) is 139 cm³/mol. The van der Waals surface area contributed by atoms with Gasteiger partial charge in [0.2, 0.25) is 5.91 Å². The van der Waals surface area contributed by atoms with Gasteiger partial charge in [-0.2, -0.15) is 0 Å². The van der Waals surface area contributed by atoms with Crippen LogP contribution in [-0.4, -0.2) is 76.9 Å². The molecule has 1 aromatic heterocycles. The lowest BCUT2D eigenvalue weighted by molar-refractivity contribution is -0.118. The number of aliphatic hydroxyl groups excluding tert-OH is 1. The molecule has 3 aliphatic heterocycles. The van der Waals surface area contributed by atoms with Crippen molar-refractivity contribution in [1.82, 2.24) is 14.8 Å². The highest BCUT2D eigenvalue weighted by molar-refractivity contribution is 6.35. The van der Waals surface area contributed by atoms with Crippen molar-refractivity contribution in [3.63, 3.8) is 0 Å². The summed E-state index contributed by atoms with van der Waals surface area (Å²) in [6.07, 6.45) is 6.95. The van der Waals surface area contributed by atoms with E-state index in [1.807, 2.05) is 11.8 Å². The molecule has 0 spiro atoms. The number of hydrogen-bond acceptors (Lipinski definition) is 5. The number of anilines is 2. The van der Waals surface area contributed by atoms with Crippen LogP contribution in [0.4, 0.5) is 15.8 Å². The lowest BCUT2D eigenvalue weighted by Gasteiger charge is -2.29. The van der Waals surface area contributed by atoms with Gasteiger partial charge in [0.25, 0.3) is 11.8 Å². The van der Waals surface area contributed by atoms with Crippen LogP contribution in [-0.2, 0) is 16.0 Å². The summed E-state index contributed by atoms with van der Waals surface area (Å²) in [5.41, 5.74) is 3.80. The quantitative estimate of drug-likeness (QED) is 0.447. The summed E-state index contributed by atoms with van der Waals surface area (Å²) in [7, 11) is 0. The minimum atomic E-state index is -0.779. The molecule has 10 heteroatoms. The lowest BCUT2D eigenvalue weighted by atomic mass is 10.0. The van der Waals surface area contributed by atoms with Crippen molar-refractivity contribution in [2.75, 3.05) is 50.0 Å². The van der Waals surface area contributed by atoms with Crippen LogP contribution in [0.1, 0.15) is 58.6 Å². The summed E-state index contributed by atoms with van der Waals surface area (Å²) in [6, 6.07) is 2.51. The minimum Gasteiger partial charge on any atom is -0.387 e. The Hall–Kier alpha value is -3.50. The highest BCUT2D eigenvalue weighted by atomic mass is 19.1. The Morgan fingerprint density at radius 2 is 1.92 bits per heavy atom. The number of likely N-dealkylation sites (tertiary alicyclic amines) is 1. The van der Waals surface area contributed by atoms with Crippen molar-refractivity contribution < 1.29 is 23.9 Å². The van der Waals surface area contributed by atoms with Crippen LogP contribution in [0.15, 0.2) is 12.1 Å². The van der Waals surface area contributed by atoms with Gasteiger partial charge < -0.3 is 30.5 Å². The SMILES string of the molecule is Cc1c(/C=C2\C(=O)Nc3cc(NC(=O)CO)c(F)cc32)[nH]c2c1C(=O)N(CCN1CCCCC1)CCC2. The number of aryl methyl sites for hydroxylation is 1.